The normalized spacial score (nSPS) is 16.1. The Morgan fingerprint density at radius 1 is 1.18 bits per heavy atom. The lowest BCUT2D eigenvalue weighted by molar-refractivity contribution is 0.225. The van der Waals surface area contributed by atoms with Crippen molar-refractivity contribution in [3.05, 3.63) is 51.9 Å². The Morgan fingerprint density at radius 3 is 2.43 bits per heavy atom. The fraction of sp³-hybridized carbons (Fsp3) is 0.375. The van der Waals surface area contributed by atoms with E-state index in [0.29, 0.717) is 12.4 Å². The summed E-state index contributed by atoms with van der Waals surface area (Å²) >= 11 is 0. The number of rotatable bonds is 4. The quantitative estimate of drug-likeness (QED) is 0.534. The molecule has 0 spiro atoms. The molecule has 0 bridgehead atoms. The molecule has 0 aliphatic carbocycles. The fourth-order valence-electron chi connectivity index (χ4n) is 4.16. The van der Waals surface area contributed by atoms with Gasteiger partial charge in [0.05, 0.1) is 17.5 Å². The third kappa shape index (κ3) is 3.49. The van der Waals surface area contributed by atoms with Crippen molar-refractivity contribution in [1.29, 1.82) is 0 Å². The van der Waals surface area contributed by atoms with Gasteiger partial charge in [0, 0.05) is 11.6 Å². The number of hydrogen-bond donors (Lipinski definition) is 0. The van der Waals surface area contributed by atoms with Crippen LogP contribution in [0.2, 0.25) is 0 Å². The number of benzene rings is 1. The summed E-state index contributed by atoms with van der Waals surface area (Å²) in [6.45, 7) is 4.64. The van der Waals surface area contributed by atoms with E-state index in [1.54, 1.807) is 26.3 Å². The van der Waals surface area contributed by atoms with E-state index < -0.39 is 22.7 Å². The van der Waals surface area contributed by atoms with Crippen LogP contribution in [0.15, 0.2) is 29.1 Å². The van der Waals surface area contributed by atoms with Gasteiger partial charge in [-0.25, -0.2) is 13.6 Å². The maximum atomic E-state index is 14.3. The van der Waals surface area contributed by atoms with Crippen LogP contribution in [-0.2, 0) is 11.9 Å². The SMILES string of the molecule is BC(B)(Oc1cc2n(c(=O)n1)CC(C)(C)N2C(B)(B)B)c1cccc(F)c1F. The summed E-state index contributed by atoms with van der Waals surface area (Å²) in [5, 5.41) is -1.46. The zero-order valence-electron chi connectivity index (χ0n) is 17.4. The topological polar surface area (TPSA) is 47.4 Å². The molecular formula is C16H22B5F2N3O2. The number of aromatic nitrogens is 2. The average molecular weight is 380 g/mol. The second kappa shape index (κ2) is 6.46. The summed E-state index contributed by atoms with van der Waals surface area (Å²) in [5.41, 5.74) is -0.653. The lowest BCUT2D eigenvalue weighted by Crippen LogP contribution is -2.58. The maximum absolute atomic E-state index is 14.3. The molecule has 5 nitrogen and oxygen atoms in total. The maximum Gasteiger partial charge on any atom is 0.352 e. The van der Waals surface area contributed by atoms with Crippen LogP contribution in [0, 0.1) is 11.6 Å². The van der Waals surface area contributed by atoms with E-state index in [1.807, 2.05) is 0 Å². The number of anilines is 1. The zero-order valence-corrected chi connectivity index (χ0v) is 17.4. The highest BCUT2D eigenvalue weighted by atomic mass is 19.2. The number of halogens is 2. The van der Waals surface area contributed by atoms with E-state index >= 15 is 0 Å². The highest BCUT2D eigenvalue weighted by molar-refractivity contribution is 6.61. The van der Waals surface area contributed by atoms with Gasteiger partial charge in [-0.3, -0.25) is 4.57 Å². The van der Waals surface area contributed by atoms with Gasteiger partial charge in [0.25, 0.3) is 0 Å². The Morgan fingerprint density at radius 2 is 1.82 bits per heavy atom. The number of fused-ring (bicyclic) bond motifs is 1. The molecule has 142 valence electrons. The van der Waals surface area contributed by atoms with Crippen LogP contribution in [0.1, 0.15) is 19.4 Å². The first kappa shape index (κ1) is 20.6. The lowest BCUT2D eigenvalue weighted by Gasteiger charge is -2.44. The Hall–Kier alpha value is -2.12. The van der Waals surface area contributed by atoms with Crippen LogP contribution >= 0.6 is 0 Å². The summed E-state index contributed by atoms with van der Waals surface area (Å²) in [5.74, 6) is -1.14. The molecule has 1 aromatic heterocycles. The van der Waals surface area contributed by atoms with Crippen LogP contribution in [0.3, 0.4) is 0 Å². The van der Waals surface area contributed by atoms with E-state index in [9.17, 15) is 13.6 Å². The zero-order chi connectivity index (χ0) is 21.1. The van der Waals surface area contributed by atoms with Crippen LogP contribution in [0.4, 0.5) is 14.6 Å². The summed E-state index contributed by atoms with van der Waals surface area (Å²) in [6, 6.07) is 5.63. The summed E-state index contributed by atoms with van der Waals surface area (Å²) in [7, 11) is 9.44. The third-order valence-electron chi connectivity index (χ3n) is 4.98. The van der Waals surface area contributed by atoms with Crippen molar-refractivity contribution < 1.29 is 13.5 Å². The highest BCUT2D eigenvalue weighted by Gasteiger charge is 2.43. The molecule has 0 atom stereocenters. The molecular weight excluding hydrogens is 358 g/mol. The predicted octanol–water partition coefficient (Wildman–Crippen LogP) is -2.91. The molecule has 0 saturated heterocycles. The van der Waals surface area contributed by atoms with Crippen molar-refractivity contribution in [2.45, 2.75) is 36.6 Å². The molecule has 0 radical (unpaired) electrons. The summed E-state index contributed by atoms with van der Waals surface area (Å²) in [6.07, 6.45) is 0. The van der Waals surface area contributed by atoms with Crippen molar-refractivity contribution in [3.63, 3.8) is 0 Å². The summed E-state index contributed by atoms with van der Waals surface area (Å²) in [4.78, 5) is 18.8. The van der Waals surface area contributed by atoms with Gasteiger partial charge in [0.2, 0.25) is 5.88 Å². The first-order chi connectivity index (χ1) is 12.7. The van der Waals surface area contributed by atoms with E-state index in [1.165, 1.54) is 12.1 Å². The fourth-order valence-corrected chi connectivity index (χ4v) is 4.16. The molecule has 1 aliphatic heterocycles. The van der Waals surface area contributed by atoms with Gasteiger partial charge in [-0.2, -0.15) is 4.98 Å². The van der Waals surface area contributed by atoms with Crippen LogP contribution < -0.4 is 15.3 Å². The van der Waals surface area contributed by atoms with Crippen LogP contribution in [-0.4, -0.2) is 59.6 Å². The third-order valence-corrected chi connectivity index (χ3v) is 4.98. The van der Waals surface area contributed by atoms with Crippen LogP contribution in [0.5, 0.6) is 5.88 Å². The van der Waals surface area contributed by atoms with Crippen molar-refractivity contribution in [3.8, 4) is 5.88 Å². The van der Waals surface area contributed by atoms with E-state index in [4.69, 9.17) is 4.74 Å². The molecule has 0 N–H and O–H groups in total. The molecule has 2 heterocycles. The van der Waals surface area contributed by atoms with E-state index in [-0.39, 0.29) is 22.2 Å². The molecule has 1 aromatic carbocycles. The number of nitrogens with zero attached hydrogens (tertiary/aromatic N) is 3. The van der Waals surface area contributed by atoms with E-state index in [2.05, 4.69) is 47.3 Å². The minimum absolute atomic E-state index is 0.0582. The van der Waals surface area contributed by atoms with E-state index in [0.717, 1.165) is 6.07 Å². The molecule has 12 heteroatoms. The first-order valence-corrected chi connectivity index (χ1v) is 9.30. The molecule has 0 fully saturated rings. The molecule has 1 aliphatic rings. The smallest absolute Gasteiger partial charge is 0.352 e. The molecule has 0 unspecified atom stereocenters. The number of ether oxygens (including phenoxy) is 1. The van der Waals surface area contributed by atoms with Crippen molar-refractivity contribution in [2.24, 2.45) is 0 Å². The largest absolute Gasteiger partial charge is 0.485 e. The van der Waals surface area contributed by atoms with Crippen molar-refractivity contribution >= 4 is 45.0 Å². The Kier molecular flexibility index (Phi) is 4.75. The van der Waals surface area contributed by atoms with Crippen molar-refractivity contribution in [1.82, 2.24) is 9.55 Å². The molecule has 0 saturated carbocycles. The Bertz CT molecular complexity index is 991. The molecule has 28 heavy (non-hydrogen) atoms. The highest BCUT2D eigenvalue weighted by Crippen LogP contribution is 2.37. The standard InChI is InChI=1S/C16H22B5F2N3O2/c1-14(2)7-25-11(26(14)16(19,20)21)6-10(24-13(25)27)28-15(17,18)8-4-3-5-9(22)12(8)23/h3-6H,7,17-21H2,1-2H3. The average Bonchev–Trinajstić information content (AvgIpc) is 2.80. The monoisotopic (exact) mass is 381 g/mol. The second-order valence-corrected chi connectivity index (χ2v) is 9.35. The first-order valence-electron chi connectivity index (χ1n) is 9.30. The van der Waals surface area contributed by atoms with Gasteiger partial charge in [0.1, 0.15) is 29.4 Å². The van der Waals surface area contributed by atoms with Crippen LogP contribution in [0.25, 0.3) is 0 Å². The predicted molar refractivity (Wildman–Crippen MR) is 119 cm³/mol. The second-order valence-electron chi connectivity index (χ2n) is 9.35. The van der Waals surface area contributed by atoms with Gasteiger partial charge in [-0.1, -0.05) is 12.1 Å². The van der Waals surface area contributed by atoms with Gasteiger partial charge in [0.15, 0.2) is 27.3 Å². The Balaban J connectivity index is 2.06. The molecule has 0 amide bonds. The van der Waals surface area contributed by atoms with Crippen molar-refractivity contribution in [2.75, 3.05) is 4.90 Å². The number of hydrogen-bond acceptors (Lipinski definition) is 4. The summed E-state index contributed by atoms with van der Waals surface area (Å²) < 4.78 is 35.4. The van der Waals surface area contributed by atoms with Gasteiger partial charge in [-0.05, 0) is 25.2 Å². The Labute approximate surface area is 167 Å². The molecule has 2 aromatic rings. The van der Waals surface area contributed by atoms with Gasteiger partial charge in [-0.15, -0.1) is 0 Å². The minimum Gasteiger partial charge on any atom is -0.485 e. The molecule has 3 rings (SSSR count). The van der Waals surface area contributed by atoms with Gasteiger partial charge >= 0.3 is 5.69 Å². The van der Waals surface area contributed by atoms with Gasteiger partial charge < -0.3 is 9.64 Å². The lowest BCUT2D eigenvalue weighted by atomic mass is 9.47. The minimum atomic E-state index is -1.22.